The van der Waals surface area contributed by atoms with Crippen LogP contribution in [0, 0.1) is 34.0 Å². The van der Waals surface area contributed by atoms with Crippen molar-refractivity contribution in [2.75, 3.05) is 6.61 Å². The van der Waals surface area contributed by atoms with E-state index in [0.29, 0.717) is 18.4 Å². The Balaban J connectivity index is 1.77. The number of aliphatic hydroxyl groups is 3. The Morgan fingerprint density at radius 1 is 1.12 bits per heavy atom. The van der Waals surface area contributed by atoms with Gasteiger partial charge in [0.15, 0.2) is 17.5 Å². The molecule has 8 nitrogen and oxygen atoms in total. The Bertz CT molecular complexity index is 1140. The van der Waals surface area contributed by atoms with Gasteiger partial charge in [-0.05, 0) is 57.6 Å². The highest BCUT2D eigenvalue weighted by Crippen LogP contribution is 2.75. The highest BCUT2D eigenvalue weighted by atomic mass is 16.6. The van der Waals surface area contributed by atoms with Crippen LogP contribution in [0.5, 0.6) is 0 Å². The first-order chi connectivity index (χ1) is 19.0. The summed E-state index contributed by atoms with van der Waals surface area (Å²) in [5.74, 6) is -2.98. The molecule has 2 bridgehead atoms. The number of esters is 2. The minimum Gasteiger partial charge on any atom is -0.458 e. The molecule has 230 valence electrons. The Kier molecular flexibility index (Phi) is 8.25. The van der Waals surface area contributed by atoms with Crippen LogP contribution >= 0.6 is 0 Å². The molecule has 0 heterocycles. The third-order valence-electron chi connectivity index (χ3n) is 10.6. The minimum atomic E-state index is -2.25. The normalized spacial score (nSPS) is 39.0. The largest absolute Gasteiger partial charge is 0.458 e. The molecular weight excluding hydrogens is 524 g/mol. The first-order valence-corrected chi connectivity index (χ1v) is 15.4. The number of hydrogen-bond acceptors (Lipinski definition) is 8. The lowest BCUT2D eigenvalue weighted by atomic mass is 9.59. The van der Waals surface area contributed by atoms with E-state index >= 15 is 0 Å². The number of rotatable bonds is 9. The van der Waals surface area contributed by atoms with E-state index < -0.39 is 70.0 Å². The smallest absolute Gasteiger partial charge is 0.311 e. The molecule has 0 aromatic heterocycles. The Morgan fingerprint density at radius 2 is 1.76 bits per heavy atom. The third-order valence-corrected chi connectivity index (χ3v) is 10.6. The van der Waals surface area contributed by atoms with Gasteiger partial charge in [0, 0.05) is 23.7 Å². The topological polar surface area (TPSA) is 130 Å². The van der Waals surface area contributed by atoms with Crippen molar-refractivity contribution in [2.45, 2.75) is 124 Å². The van der Waals surface area contributed by atoms with E-state index in [2.05, 4.69) is 6.92 Å². The summed E-state index contributed by atoms with van der Waals surface area (Å²) >= 11 is 0. The van der Waals surface area contributed by atoms with Gasteiger partial charge in [-0.2, -0.15) is 0 Å². The van der Waals surface area contributed by atoms with Crippen molar-refractivity contribution in [3.63, 3.8) is 0 Å². The molecule has 0 saturated heterocycles. The number of allylic oxidation sites excluding steroid dienone is 1. The van der Waals surface area contributed by atoms with Gasteiger partial charge in [-0.3, -0.25) is 14.4 Å². The maximum atomic E-state index is 14.7. The molecule has 4 aliphatic rings. The number of ketones is 1. The number of unbranched alkanes of at least 4 members (excludes halogenated alkanes) is 4. The quantitative estimate of drug-likeness (QED) is 0.209. The molecule has 4 rings (SSSR count). The van der Waals surface area contributed by atoms with E-state index in [1.165, 1.54) is 0 Å². The van der Waals surface area contributed by atoms with Gasteiger partial charge in [-0.25, -0.2) is 0 Å². The highest BCUT2D eigenvalue weighted by molar-refractivity contribution is 5.96. The van der Waals surface area contributed by atoms with Crippen molar-refractivity contribution < 1.29 is 39.2 Å². The lowest BCUT2D eigenvalue weighted by Gasteiger charge is -2.49. The summed E-state index contributed by atoms with van der Waals surface area (Å²) in [5, 5.41) is 34.7. The highest BCUT2D eigenvalue weighted by Gasteiger charge is 2.83. The average molecular weight is 575 g/mol. The molecule has 0 aliphatic heterocycles. The van der Waals surface area contributed by atoms with Crippen molar-refractivity contribution in [3.8, 4) is 0 Å². The van der Waals surface area contributed by atoms with Crippen LogP contribution < -0.4 is 0 Å². The number of ether oxygens (including phenoxy) is 2. The lowest BCUT2D eigenvalue weighted by Crippen LogP contribution is -2.66. The van der Waals surface area contributed by atoms with Gasteiger partial charge in [0.05, 0.1) is 17.4 Å². The van der Waals surface area contributed by atoms with E-state index in [1.807, 2.05) is 20.8 Å². The Labute approximate surface area is 244 Å². The second-order valence-electron chi connectivity index (χ2n) is 14.6. The molecule has 3 N–H and O–H groups in total. The van der Waals surface area contributed by atoms with Crippen LogP contribution in [-0.4, -0.2) is 63.1 Å². The predicted octanol–water partition coefficient (Wildman–Crippen LogP) is 4.44. The van der Waals surface area contributed by atoms with Crippen molar-refractivity contribution in [3.05, 3.63) is 23.3 Å². The van der Waals surface area contributed by atoms with Crippen LogP contribution in [0.15, 0.2) is 23.3 Å². The van der Waals surface area contributed by atoms with Crippen LogP contribution in [0.25, 0.3) is 0 Å². The van der Waals surface area contributed by atoms with E-state index in [0.717, 1.165) is 32.1 Å². The van der Waals surface area contributed by atoms with Crippen molar-refractivity contribution >= 4 is 17.7 Å². The molecule has 2 unspecified atom stereocenters. The summed E-state index contributed by atoms with van der Waals surface area (Å²) in [4.78, 5) is 41.0. The second-order valence-corrected chi connectivity index (χ2v) is 14.6. The number of carbonyl (C=O) groups excluding carboxylic acids is 3. The molecule has 41 heavy (non-hydrogen) atoms. The summed E-state index contributed by atoms with van der Waals surface area (Å²) in [6.45, 7) is 14.2. The first kappa shape index (κ1) is 31.9. The zero-order valence-corrected chi connectivity index (χ0v) is 26.1. The van der Waals surface area contributed by atoms with Crippen LogP contribution in [0.3, 0.4) is 0 Å². The van der Waals surface area contributed by atoms with Gasteiger partial charge < -0.3 is 24.8 Å². The van der Waals surface area contributed by atoms with Crippen molar-refractivity contribution in [1.82, 2.24) is 0 Å². The second kappa shape index (κ2) is 10.6. The molecule has 2 saturated carbocycles. The van der Waals surface area contributed by atoms with E-state index in [-0.39, 0.29) is 17.3 Å². The number of Topliss-reactive ketones (excluding diaryl/α,β-unsaturated/α-hetero) is 1. The monoisotopic (exact) mass is 574 g/mol. The van der Waals surface area contributed by atoms with Gasteiger partial charge in [-0.1, -0.05) is 65.5 Å². The predicted molar refractivity (Wildman–Crippen MR) is 153 cm³/mol. The van der Waals surface area contributed by atoms with Crippen LogP contribution in [-0.2, 0) is 23.9 Å². The van der Waals surface area contributed by atoms with Gasteiger partial charge in [-0.15, -0.1) is 0 Å². The average Bonchev–Trinajstić information content (AvgIpc) is 3.28. The summed E-state index contributed by atoms with van der Waals surface area (Å²) in [6.07, 6.45) is 5.91. The standard InChI is InChI=1S/C33H50O8/c1-9-10-11-12-13-14-23(35)41-32-17-20(3)31-16-19(2)27(40-28(38)29(4,5)6)33(31,39)25(36)21(18-34)15-22(26(31)37)24(32)30(32,7)8/h15-16,20,22,24-25,27,34,36,39H,9-14,17-18H2,1-8H3/t20?,22-,24+,25+,27-,31?,32-,33-/m0/s1. The number of carbonyl (C=O) groups is 3. The number of aliphatic hydroxyl groups excluding tert-OH is 2. The molecule has 8 heteroatoms. The number of hydrogen-bond donors (Lipinski definition) is 3. The molecule has 0 amide bonds. The van der Waals surface area contributed by atoms with Crippen molar-refractivity contribution in [2.24, 2.45) is 34.0 Å². The maximum absolute atomic E-state index is 14.7. The first-order valence-electron chi connectivity index (χ1n) is 15.4. The Hall–Kier alpha value is -2.03. The van der Waals surface area contributed by atoms with Gasteiger partial charge in [0.1, 0.15) is 11.7 Å². The fraction of sp³-hybridized carbons (Fsp3) is 0.788. The zero-order valence-electron chi connectivity index (χ0n) is 26.1. The summed E-state index contributed by atoms with van der Waals surface area (Å²) in [5.41, 5.74) is -5.68. The molecule has 8 atom stereocenters. The van der Waals surface area contributed by atoms with Gasteiger partial charge in [0.2, 0.25) is 0 Å². The zero-order chi connectivity index (χ0) is 30.8. The van der Waals surface area contributed by atoms with Crippen LogP contribution in [0.1, 0.15) is 100 Å². The molecule has 0 aromatic rings. The molecular formula is C33H50O8. The van der Waals surface area contributed by atoms with Gasteiger partial charge >= 0.3 is 11.9 Å². The Morgan fingerprint density at radius 3 is 2.34 bits per heavy atom. The summed E-state index contributed by atoms with van der Waals surface area (Å²) in [7, 11) is 0. The van der Waals surface area contributed by atoms with Gasteiger partial charge in [0.25, 0.3) is 0 Å². The maximum Gasteiger partial charge on any atom is 0.311 e. The van der Waals surface area contributed by atoms with Crippen LogP contribution in [0.4, 0.5) is 0 Å². The molecule has 1 spiro atoms. The third kappa shape index (κ3) is 4.54. The minimum absolute atomic E-state index is 0.0978. The van der Waals surface area contributed by atoms with Crippen molar-refractivity contribution in [1.29, 1.82) is 0 Å². The molecule has 2 fully saturated rings. The van der Waals surface area contributed by atoms with E-state index in [4.69, 9.17) is 9.47 Å². The van der Waals surface area contributed by atoms with E-state index in [9.17, 15) is 29.7 Å². The fourth-order valence-electron chi connectivity index (χ4n) is 8.30. The SMILES string of the molecule is CCCCCCCC(=O)O[C@@]12CC(C)C34C=C(C)[C@H](OC(=O)C(C)(C)C)[C@@]3(O)[C@H](O)C(CO)=C[C@H](C4=O)[C@@H]1C2(C)C. The van der Waals surface area contributed by atoms with Crippen LogP contribution in [0.2, 0.25) is 0 Å². The molecule has 4 aliphatic carbocycles. The fourth-order valence-corrected chi connectivity index (χ4v) is 8.30. The lowest BCUT2D eigenvalue weighted by molar-refractivity contribution is -0.208. The molecule has 0 aromatic carbocycles. The molecule has 0 radical (unpaired) electrons. The number of fused-ring (bicyclic) bond motifs is 3. The van der Waals surface area contributed by atoms with E-state index in [1.54, 1.807) is 39.8 Å². The summed E-state index contributed by atoms with van der Waals surface area (Å²) in [6, 6.07) is 0. The summed E-state index contributed by atoms with van der Waals surface area (Å²) < 4.78 is 12.2.